The van der Waals surface area contributed by atoms with Gasteiger partial charge < -0.3 is 9.64 Å². The van der Waals surface area contributed by atoms with E-state index in [2.05, 4.69) is 38.1 Å². The molecule has 25 heavy (non-hydrogen) atoms. The highest BCUT2D eigenvalue weighted by molar-refractivity contribution is 5.36. The second kappa shape index (κ2) is 8.55. The lowest BCUT2D eigenvalue weighted by molar-refractivity contribution is -0.0250. The summed E-state index contributed by atoms with van der Waals surface area (Å²) in [6.07, 6.45) is 5.21. The predicted molar refractivity (Wildman–Crippen MR) is 93.0 cm³/mol. The Labute approximate surface area is 147 Å². The van der Waals surface area contributed by atoms with E-state index in [0.29, 0.717) is 5.56 Å². The Balaban J connectivity index is 1.51. The highest BCUT2D eigenvalue weighted by Gasteiger charge is 2.23. The predicted octanol–water partition coefficient (Wildman–Crippen LogP) is 0.772. The monoisotopic (exact) mass is 341 g/mol. The number of hydrogen-bond acceptors (Lipinski definition) is 7. The van der Waals surface area contributed by atoms with E-state index in [1.165, 1.54) is 0 Å². The first-order valence-electron chi connectivity index (χ1n) is 8.57. The first-order valence-corrected chi connectivity index (χ1v) is 8.57. The van der Waals surface area contributed by atoms with Crippen LogP contribution in [0.1, 0.15) is 12.5 Å². The Hall–Kier alpha value is -2.50. The zero-order chi connectivity index (χ0) is 17.5. The standard InChI is InChI=1S/C17H23N7O/c1-2-23(17-4-3-5-19-21-17)14-16-13-22(8-9-25-16)6-7-24-12-15(10-18)11-20-24/h3-5,11-12,16H,2,6-9,13-14H2,1H3. The quantitative estimate of drug-likeness (QED) is 0.735. The lowest BCUT2D eigenvalue weighted by Crippen LogP contribution is -2.48. The van der Waals surface area contributed by atoms with Gasteiger partial charge in [-0.15, -0.1) is 5.10 Å². The number of hydrogen-bond donors (Lipinski definition) is 0. The molecule has 1 saturated heterocycles. The second-order valence-corrected chi connectivity index (χ2v) is 6.02. The van der Waals surface area contributed by atoms with Crippen molar-refractivity contribution in [1.82, 2.24) is 24.9 Å². The van der Waals surface area contributed by atoms with E-state index in [0.717, 1.165) is 51.7 Å². The summed E-state index contributed by atoms with van der Waals surface area (Å²) < 4.78 is 7.76. The molecule has 1 aliphatic rings. The topological polar surface area (TPSA) is 83.1 Å². The van der Waals surface area contributed by atoms with Crippen molar-refractivity contribution in [2.75, 3.05) is 44.2 Å². The Kier molecular flexibility index (Phi) is 5.93. The minimum atomic E-state index is 0.142. The largest absolute Gasteiger partial charge is 0.374 e. The van der Waals surface area contributed by atoms with E-state index in [-0.39, 0.29) is 6.10 Å². The fraction of sp³-hybridized carbons (Fsp3) is 0.529. The first kappa shape index (κ1) is 17.3. The maximum atomic E-state index is 8.86. The van der Waals surface area contributed by atoms with Crippen molar-refractivity contribution in [3.8, 4) is 6.07 Å². The first-order chi connectivity index (χ1) is 12.3. The Bertz CT molecular complexity index is 697. The molecule has 2 aromatic heterocycles. The molecular weight excluding hydrogens is 318 g/mol. The molecule has 0 saturated carbocycles. The van der Waals surface area contributed by atoms with E-state index in [4.69, 9.17) is 10.00 Å². The summed E-state index contributed by atoms with van der Waals surface area (Å²) >= 11 is 0. The third-order valence-electron chi connectivity index (χ3n) is 4.32. The average Bonchev–Trinajstić information content (AvgIpc) is 3.14. The number of rotatable bonds is 7. The Morgan fingerprint density at radius 3 is 3.08 bits per heavy atom. The van der Waals surface area contributed by atoms with Crippen molar-refractivity contribution >= 4 is 5.82 Å². The molecule has 132 valence electrons. The van der Waals surface area contributed by atoms with Crippen molar-refractivity contribution in [1.29, 1.82) is 5.26 Å². The van der Waals surface area contributed by atoms with Crippen LogP contribution in [0.4, 0.5) is 5.82 Å². The highest BCUT2D eigenvalue weighted by atomic mass is 16.5. The molecule has 0 N–H and O–H groups in total. The molecule has 1 aliphatic heterocycles. The molecule has 0 radical (unpaired) electrons. The average molecular weight is 341 g/mol. The van der Waals surface area contributed by atoms with Gasteiger partial charge >= 0.3 is 0 Å². The summed E-state index contributed by atoms with van der Waals surface area (Å²) in [5, 5.41) is 21.2. The third-order valence-corrected chi connectivity index (χ3v) is 4.32. The summed E-state index contributed by atoms with van der Waals surface area (Å²) in [6.45, 7) is 7.96. The van der Waals surface area contributed by atoms with Crippen LogP contribution in [0.25, 0.3) is 0 Å². The molecule has 0 aromatic carbocycles. The summed E-state index contributed by atoms with van der Waals surface area (Å²) in [4.78, 5) is 4.57. The van der Waals surface area contributed by atoms with Crippen molar-refractivity contribution in [2.24, 2.45) is 0 Å². The minimum absolute atomic E-state index is 0.142. The van der Waals surface area contributed by atoms with Gasteiger partial charge in [-0.05, 0) is 19.1 Å². The van der Waals surface area contributed by atoms with Crippen molar-refractivity contribution < 1.29 is 4.74 Å². The van der Waals surface area contributed by atoms with E-state index >= 15 is 0 Å². The molecule has 0 aliphatic carbocycles. The van der Waals surface area contributed by atoms with Gasteiger partial charge in [0.2, 0.25) is 0 Å². The van der Waals surface area contributed by atoms with Crippen molar-refractivity contribution in [2.45, 2.75) is 19.6 Å². The Morgan fingerprint density at radius 1 is 1.44 bits per heavy atom. The van der Waals surface area contributed by atoms with Gasteiger partial charge in [0.15, 0.2) is 5.82 Å². The van der Waals surface area contributed by atoms with Crippen LogP contribution in [-0.2, 0) is 11.3 Å². The maximum absolute atomic E-state index is 8.86. The van der Waals surface area contributed by atoms with Gasteiger partial charge in [-0.2, -0.15) is 15.5 Å². The van der Waals surface area contributed by atoms with Crippen LogP contribution in [-0.4, -0.2) is 70.3 Å². The van der Waals surface area contributed by atoms with Gasteiger partial charge in [-0.1, -0.05) is 0 Å². The fourth-order valence-corrected chi connectivity index (χ4v) is 2.97. The van der Waals surface area contributed by atoms with Crippen molar-refractivity contribution in [3.63, 3.8) is 0 Å². The molecule has 1 unspecified atom stereocenters. The molecule has 1 atom stereocenters. The van der Waals surface area contributed by atoms with E-state index < -0.39 is 0 Å². The van der Waals surface area contributed by atoms with E-state index in [1.807, 2.05) is 16.8 Å². The summed E-state index contributed by atoms with van der Waals surface area (Å²) in [7, 11) is 0. The number of aromatic nitrogens is 4. The molecule has 2 aromatic rings. The Morgan fingerprint density at radius 2 is 2.36 bits per heavy atom. The lowest BCUT2D eigenvalue weighted by atomic mass is 10.2. The number of anilines is 1. The zero-order valence-electron chi connectivity index (χ0n) is 14.5. The molecule has 3 rings (SSSR count). The normalized spacial score (nSPS) is 18.0. The number of ether oxygens (including phenoxy) is 1. The molecule has 1 fully saturated rings. The number of morpholine rings is 1. The highest BCUT2D eigenvalue weighted by Crippen LogP contribution is 2.13. The molecule has 0 spiro atoms. The van der Waals surface area contributed by atoms with Gasteiger partial charge in [-0.25, -0.2) is 0 Å². The maximum Gasteiger partial charge on any atom is 0.151 e. The summed E-state index contributed by atoms with van der Waals surface area (Å²) in [5.41, 5.74) is 0.599. The molecule has 3 heterocycles. The van der Waals surface area contributed by atoms with Crippen LogP contribution in [0.3, 0.4) is 0 Å². The van der Waals surface area contributed by atoms with Gasteiger partial charge in [0.25, 0.3) is 0 Å². The van der Waals surface area contributed by atoms with E-state index in [1.54, 1.807) is 18.6 Å². The SMILES string of the molecule is CCN(CC1CN(CCn2cc(C#N)cn2)CCO1)c1cccnn1. The smallest absolute Gasteiger partial charge is 0.151 e. The third kappa shape index (κ3) is 4.75. The van der Waals surface area contributed by atoms with Gasteiger partial charge in [0.05, 0.1) is 31.0 Å². The fourth-order valence-electron chi connectivity index (χ4n) is 2.97. The molecular formula is C17H23N7O. The molecule has 8 nitrogen and oxygen atoms in total. The van der Waals surface area contributed by atoms with Gasteiger partial charge in [-0.3, -0.25) is 9.58 Å². The lowest BCUT2D eigenvalue weighted by Gasteiger charge is -2.35. The van der Waals surface area contributed by atoms with Crippen LogP contribution < -0.4 is 4.90 Å². The van der Waals surface area contributed by atoms with Crippen LogP contribution in [0, 0.1) is 11.3 Å². The molecule has 8 heteroatoms. The molecule has 0 bridgehead atoms. The summed E-state index contributed by atoms with van der Waals surface area (Å²) in [5.74, 6) is 0.881. The minimum Gasteiger partial charge on any atom is -0.374 e. The van der Waals surface area contributed by atoms with E-state index in [9.17, 15) is 0 Å². The van der Waals surface area contributed by atoms with Gasteiger partial charge in [0.1, 0.15) is 6.07 Å². The van der Waals surface area contributed by atoms with Crippen LogP contribution in [0.2, 0.25) is 0 Å². The zero-order valence-corrected chi connectivity index (χ0v) is 14.5. The van der Waals surface area contributed by atoms with Crippen LogP contribution >= 0.6 is 0 Å². The number of nitriles is 1. The summed E-state index contributed by atoms with van der Waals surface area (Å²) in [6, 6.07) is 5.98. The van der Waals surface area contributed by atoms with Crippen LogP contribution in [0.5, 0.6) is 0 Å². The number of nitrogens with zero attached hydrogens (tertiary/aromatic N) is 7. The van der Waals surface area contributed by atoms with Crippen LogP contribution in [0.15, 0.2) is 30.7 Å². The molecule has 0 amide bonds. The second-order valence-electron chi connectivity index (χ2n) is 6.02. The van der Waals surface area contributed by atoms with Crippen molar-refractivity contribution in [3.05, 3.63) is 36.3 Å². The number of likely N-dealkylation sites (N-methyl/N-ethyl adjacent to an activating group) is 1. The van der Waals surface area contributed by atoms with Gasteiger partial charge in [0, 0.05) is 45.1 Å².